The number of aryl methyl sites for hydroxylation is 1. The van der Waals surface area contributed by atoms with Crippen LogP contribution in [0.15, 0.2) is 63.9 Å². The summed E-state index contributed by atoms with van der Waals surface area (Å²) in [6, 6.07) is 6.37. The number of fused-ring (bicyclic) bond motifs is 1. The van der Waals surface area contributed by atoms with Crippen LogP contribution in [0.2, 0.25) is 0 Å². The van der Waals surface area contributed by atoms with Gasteiger partial charge in [-0.25, -0.2) is 9.36 Å². The number of Topliss-reactive ketones (excluding diaryl/α,β-unsaturated/α-hetero) is 1. The number of ketones is 2. The summed E-state index contributed by atoms with van der Waals surface area (Å²) >= 11 is 5.81. The molecule has 0 spiro atoms. The molecule has 1 aliphatic carbocycles. The second-order valence-electron chi connectivity index (χ2n) is 9.79. The SMILES string of the molecule is Cc1cn(C2C=CC(C(C)(CC3=CC(=O)c4ccccc4C3=O)N(CCCCCl)P(=O)(O)O)O2)c(=O)[nH]c1=O. The number of unbranched alkanes of at least 4 members (excludes halogenated alkanes) is 1. The van der Waals surface area contributed by atoms with Crippen LogP contribution in [0.5, 0.6) is 0 Å². The van der Waals surface area contributed by atoms with Crippen molar-refractivity contribution in [2.45, 2.75) is 51.0 Å². The summed E-state index contributed by atoms with van der Waals surface area (Å²) in [5, 5.41) is 0. The van der Waals surface area contributed by atoms with Gasteiger partial charge in [0.15, 0.2) is 17.8 Å². The maximum atomic E-state index is 13.4. The second kappa shape index (κ2) is 11.3. The molecule has 2 aliphatic rings. The van der Waals surface area contributed by atoms with E-state index in [9.17, 15) is 33.5 Å². The fourth-order valence-electron chi connectivity index (χ4n) is 4.99. The van der Waals surface area contributed by atoms with E-state index in [2.05, 4.69) is 4.98 Å². The molecular weight excluding hydrogens is 549 g/mol. The number of benzene rings is 1. The number of H-pyrrole nitrogens is 1. The largest absolute Gasteiger partial charge is 0.403 e. The van der Waals surface area contributed by atoms with E-state index in [1.165, 1.54) is 31.3 Å². The van der Waals surface area contributed by atoms with E-state index in [0.717, 1.165) is 9.24 Å². The van der Waals surface area contributed by atoms with Crippen molar-refractivity contribution in [2.24, 2.45) is 0 Å². The lowest BCUT2D eigenvalue weighted by atomic mass is 9.80. The molecule has 0 saturated carbocycles. The highest BCUT2D eigenvalue weighted by atomic mass is 35.5. The lowest BCUT2D eigenvalue weighted by Gasteiger charge is -2.45. The summed E-state index contributed by atoms with van der Waals surface area (Å²) in [6.45, 7) is 3.00. The number of ether oxygens (including phenoxy) is 1. The Hall–Kier alpha value is -2.92. The summed E-state index contributed by atoms with van der Waals surface area (Å²) < 4.78 is 21.1. The first-order chi connectivity index (χ1) is 18.4. The molecule has 0 bridgehead atoms. The molecule has 3 atom stereocenters. The number of carbonyl (C=O) groups excluding carboxylic acids is 2. The van der Waals surface area contributed by atoms with E-state index in [-0.39, 0.29) is 46.9 Å². The number of nitrogens with zero attached hydrogens (tertiary/aromatic N) is 2. The van der Waals surface area contributed by atoms with Gasteiger partial charge in [0.2, 0.25) is 0 Å². The smallest absolute Gasteiger partial charge is 0.345 e. The molecule has 0 radical (unpaired) electrons. The monoisotopic (exact) mass is 577 g/mol. The molecule has 208 valence electrons. The van der Waals surface area contributed by atoms with Gasteiger partial charge in [-0.3, -0.25) is 23.9 Å². The van der Waals surface area contributed by atoms with Crippen LogP contribution in [0.25, 0.3) is 0 Å². The van der Waals surface area contributed by atoms with Gasteiger partial charge in [-0.05, 0) is 45.3 Å². The predicted molar refractivity (Wildman–Crippen MR) is 144 cm³/mol. The Bertz CT molecular complexity index is 1520. The molecule has 3 N–H and O–H groups in total. The average molecular weight is 578 g/mol. The maximum absolute atomic E-state index is 13.4. The van der Waals surface area contributed by atoms with Crippen molar-refractivity contribution in [3.63, 3.8) is 0 Å². The van der Waals surface area contributed by atoms with Gasteiger partial charge in [0, 0.05) is 40.9 Å². The molecular formula is C26H29ClN3O8P. The topological polar surface area (TPSA) is 159 Å². The minimum absolute atomic E-state index is 0.0738. The van der Waals surface area contributed by atoms with Crippen molar-refractivity contribution in [3.05, 3.63) is 91.8 Å². The number of aromatic nitrogens is 2. The zero-order valence-electron chi connectivity index (χ0n) is 21.4. The van der Waals surface area contributed by atoms with E-state index >= 15 is 0 Å². The molecule has 13 heteroatoms. The normalized spacial score (nSPS) is 20.7. The summed E-state index contributed by atoms with van der Waals surface area (Å²) in [5.74, 6) is -0.519. The highest BCUT2D eigenvalue weighted by Crippen LogP contribution is 2.51. The molecule has 0 amide bonds. The number of aromatic amines is 1. The van der Waals surface area contributed by atoms with Crippen molar-refractivity contribution in [1.82, 2.24) is 14.2 Å². The van der Waals surface area contributed by atoms with Gasteiger partial charge in [0.1, 0.15) is 0 Å². The molecule has 2 heterocycles. The predicted octanol–water partition coefficient (Wildman–Crippen LogP) is 2.87. The van der Waals surface area contributed by atoms with Crippen LogP contribution in [0.3, 0.4) is 0 Å². The molecule has 3 unspecified atom stereocenters. The number of halogens is 1. The van der Waals surface area contributed by atoms with Gasteiger partial charge in [0.25, 0.3) is 5.56 Å². The minimum atomic E-state index is -4.94. The van der Waals surface area contributed by atoms with Crippen molar-refractivity contribution >= 4 is 30.9 Å². The van der Waals surface area contributed by atoms with Crippen LogP contribution in [0.4, 0.5) is 0 Å². The number of hydrogen-bond donors (Lipinski definition) is 3. The van der Waals surface area contributed by atoms with Gasteiger partial charge in [-0.1, -0.05) is 30.3 Å². The molecule has 11 nitrogen and oxygen atoms in total. The first-order valence-corrected chi connectivity index (χ1v) is 14.4. The fraction of sp³-hybridized carbons (Fsp3) is 0.385. The van der Waals surface area contributed by atoms with Crippen LogP contribution in [-0.2, 0) is 9.30 Å². The van der Waals surface area contributed by atoms with Crippen molar-refractivity contribution in [1.29, 1.82) is 0 Å². The van der Waals surface area contributed by atoms with Crippen LogP contribution in [0.1, 0.15) is 58.7 Å². The van der Waals surface area contributed by atoms with E-state index < -0.39 is 42.6 Å². The quantitative estimate of drug-likeness (QED) is 0.167. The van der Waals surface area contributed by atoms with Gasteiger partial charge in [-0.15, -0.1) is 11.6 Å². The van der Waals surface area contributed by atoms with Gasteiger partial charge < -0.3 is 14.5 Å². The van der Waals surface area contributed by atoms with Crippen LogP contribution in [-0.4, -0.2) is 59.6 Å². The molecule has 0 saturated heterocycles. The van der Waals surface area contributed by atoms with Crippen LogP contribution >= 0.6 is 19.3 Å². The minimum Gasteiger partial charge on any atom is -0.345 e. The van der Waals surface area contributed by atoms with Crippen LogP contribution < -0.4 is 11.2 Å². The molecule has 1 aromatic carbocycles. The first kappa shape index (κ1) is 29.1. The maximum Gasteiger partial charge on any atom is 0.403 e. The molecule has 4 rings (SSSR count). The third-order valence-electron chi connectivity index (χ3n) is 7.01. The van der Waals surface area contributed by atoms with Gasteiger partial charge in [-0.2, -0.15) is 4.67 Å². The zero-order valence-corrected chi connectivity index (χ0v) is 23.0. The van der Waals surface area contributed by atoms with E-state index in [1.54, 1.807) is 31.2 Å². The standard InChI is InChI=1S/C26H29ClN3O8P/c1-16-15-29(25(34)28-24(16)33)22-10-9-21(38-22)26(2,30(39(35,36)37)12-6-5-11-27)14-17-13-20(31)18-7-3-4-8-19(18)23(17)32/h3-4,7-10,13,15,21-22H,5-6,11-12,14H2,1-2H3,(H,28,33,34)(H2,35,36,37). The second-order valence-corrected chi connectivity index (χ2v) is 11.7. The Morgan fingerprint density at radius 1 is 1.13 bits per heavy atom. The number of alkyl halides is 1. The third-order valence-corrected chi connectivity index (χ3v) is 8.56. The molecule has 0 fully saturated rings. The Morgan fingerprint density at radius 3 is 2.49 bits per heavy atom. The summed E-state index contributed by atoms with van der Waals surface area (Å²) in [5.41, 5.74) is -1.98. The van der Waals surface area contributed by atoms with Crippen LogP contribution in [0, 0.1) is 6.92 Å². The molecule has 39 heavy (non-hydrogen) atoms. The number of hydrogen-bond acceptors (Lipinski definition) is 6. The van der Waals surface area contributed by atoms with Gasteiger partial charge in [0.05, 0.1) is 11.6 Å². The zero-order chi connectivity index (χ0) is 28.5. The number of nitrogens with one attached hydrogen (secondary N) is 1. The lowest BCUT2D eigenvalue weighted by molar-refractivity contribution is -0.0552. The Kier molecular flexibility index (Phi) is 8.41. The number of carbonyl (C=O) groups is 2. The highest BCUT2D eigenvalue weighted by Gasteiger charge is 2.50. The van der Waals surface area contributed by atoms with E-state index in [0.29, 0.717) is 12.8 Å². The summed E-state index contributed by atoms with van der Waals surface area (Å²) in [6.07, 6.45) is 4.21. The highest BCUT2D eigenvalue weighted by molar-refractivity contribution is 7.49. The lowest BCUT2D eigenvalue weighted by Crippen LogP contribution is -2.54. The average Bonchev–Trinajstić information content (AvgIpc) is 3.37. The number of rotatable bonds is 10. The van der Waals surface area contributed by atoms with Gasteiger partial charge >= 0.3 is 13.4 Å². The molecule has 2 aromatic rings. The molecule has 1 aliphatic heterocycles. The van der Waals surface area contributed by atoms with Crippen molar-refractivity contribution < 1.29 is 28.7 Å². The van der Waals surface area contributed by atoms with E-state index in [1.807, 2.05) is 0 Å². The fourth-order valence-corrected chi connectivity index (χ4v) is 6.36. The third kappa shape index (κ3) is 5.84. The van der Waals surface area contributed by atoms with Crippen molar-refractivity contribution in [2.75, 3.05) is 12.4 Å². The van der Waals surface area contributed by atoms with Crippen molar-refractivity contribution in [3.8, 4) is 0 Å². The Labute approximate surface area is 229 Å². The summed E-state index contributed by atoms with van der Waals surface area (Å²) in [7, 11) is -4.94. The first-order valence-electron chi connectivity index (χ1n) is 12.3. The molecule has 1 aromatic heterocycles. The Morgan fingerprint density at radius 2 is 1.82 bits per heavy atom. The number of allylic oxidation sites excluding steroid dienone is 1. The summed E-state index contributed by atoms with van der Waals surface area (Å²) in [4.78, 5) is 73.6. The van der Waals surface area contributed by atoms with E-state index in [4.69, 9.17) is 16.3 Å². The Balaban J connectivity index is 1.75.